The fourth-order valence-corrected chi connectivity index (χ4v) is 4.49. The summed E-state index contributed by atoms with van der Waals surface area (Å²) in [4.78, 5) is 35.2. The number of aromatic nitrogens is 2. The fraction of sp³-hybridized carbons (Fsp3) is 0.350. The van der Waals surface area contributed by atoms with Crippen LogP contribution in [0.15, 0.2) is 27.3 Å². The Labute approximate surface area is 193 Å². The summed E-state index contributed by atoms with van der Waals surface area (Å²) in [6.45, 7) is 5.59. The van der Waals surface area contributed by atoms with Crippen LogP contribution in [-0.4, -0.2) is 40.0 Å². The van der Waals surface area contributed by atoms with Crippen LogP contribution in [0.4, 0.5) is 11.5 Å². The summed E-state index contributed by atoms with van der Waals surface area (Å²) in [5.41, 5.74) is 3.94. The largest absolute Gasteiger partial charge is 0.394 e. The van der Waals surface area contributed by atoms with Gasteiger partial charge in [0.25, 0.3) is 11.5 Å². The van der Waals surface area contributed by atoms with Gasteiger partial charge in [-0.15, -0.1) is 11.3 Å². The minimum absolute atomic E-state index is 0.0691. The lowest BCUT2D eigenvalue weighted by Gasteiger charge is -2.17. The van der Waals surface area contributed by atoms with Gasteiger partial charge in [-0.1, -0.05) is 43.3 Å². The Hall–Kier alpha value is -2.11. The standard InChI is InChI=1S/C18H19ClN4O4S2.C2H6/c1-9-4-5-11(10(19)8-9)20-15-12(16(25)22-27-7-6-24)13-14(17(26)23(15)2)29-18(21-13)28-3;1-2/h4-5,8,20,24H,6-7H2,1-3H3,(H,22,25);1-2H3. The van der Waals surface area contributed by atoms with Crippen LogP contribution in [0.3, 0.4) is 0 Å². The third kappa shape index (κ3) is 5.58. The van der Waals surface area contributed by atoms with Crippen LogP contribution in [0.25, 0.3) is 10.2 Å². The average molecular weight is 485 g/mol. The molecule has 2 aromatic heterocycles. The van der Waals surface area contributed by atoms with Crippen molar-refractivity contribution in [3.8, 4) is 0 Å². The van der Waals surface area contributed by atoms with Gasteiger partial charge >= 0.3 is 0 Å². The van der Waals surface area contributed by atoms with Gasteiger partial charge in [0.1, 0.15) is 21.6 Å². The van der Waals surface area contributed by atoms with E-state index < -0.39 is 5.91 Å². The lowest BCUT2D eigenvalue weighted by atomic mass is 10.2. The van der Waals surface area contributed by atoms with Crippen molar-refractivity contribution in [1.29, 1.82) is 0 Å². The minimum atomic E-state index is -0.595. The normalized spacial score (nSPS) is 10.5. The zero-order valence-electron chi connectivity index (χ0n) is 17.9. The van der Waals surface area contributed by atoms with Crippen molar-refractivity contribution < 1.29 is 14.7 Å². The van der Waals surface area contributed by atoms with Crippen molar-refractivity contribution in [2.75, 3.05) is 24.8 Å². The van der Waals surface area contributed by atoms with E-state index in [0.717, 1.165) is 5.56 Å². The number of aryl methyl sites for hydroxylation is 1. The van der Waals surface area contributed by atoms with Gasteiger partial charge in [0.05, 0.1) is 23.9 Å². The molecule has 0 saturated heterocycles. The highest BCUT2D eigenvalue weighted by Gasteiger charge is 2.25. The first kappa shape index (κ1) is 25.2. The van der Waals surface area contributed by atoms with Crippen LogP contribution < -0.4 is 16.4 Å². The summed E-state index contributed by atoms with van der Waals surface area (Å²) in [6.07, 6.45) is 1.84. The summed E-state index contributed by atoms with van der Waals surface area (Å²) >= 11 is 8.94. The lowest BCUT2D eigenvalue weighted by molar-refractivity contribution is 0.0169. The number of fused-ring (bicyclic) bond motifs is 1. The number of carbonyl (C=O) groups is 1. The molecule has 8 nitrogen and oxygen atoms in total. The number of benzene rings is 1. The zero-order chi connectivity index (χ0) is 23.1. The molecule has 168 valence electrons. The number of halogens is 1. The molecule has 3 rings (SSSR count). The second-order valence-electron chi connectivity index (χ2n) is 6.06. The highest BCUT2D eigenvalue weighted by molar-refractivity contribution is 8.00. The molecule has 3 aromatic rings. The molecule has 0 bridgehead atoms. The van der Waals surface area contributed by atoms with Gasteiger partial charge in [-0.25, -0.2) is 10.5 Å². The number of nitrogens with one attached hydrogen (secondary N) is 2. The Kier molecular flexibility index (Phi) is 9.32. The van der Waals surface area contributed by atoms with Gasteiger partial charge in [0, 0.05) is 7.05 Å². The topological polar surface area (TPSA) is 105 Å². The molecule has 0 aliphatic heterocycles. The number of amides is 1. The van der Waals surface area contributed by atoms with E-state index in [2.05, 4.69) is 15.8 Å². The van der Waals surface area contributed by atoms with Gasteiger partial charge in [0.15, 0.2) is 4.34 Å². The van der Waals surface area contributed by atoms with E-state index in [-0.39, 0.29) is 35.7 Å². The predicted molar refractivity (Wildman–Crippen MR) is 128 cm³/mol. The number of aliphatic hydroxyl groups excluding tert-OH is 1. The van der Waals surface area contributed by atoms with E-state index in [4.69, 9.17) is 21.5 Å². The number of hydrogen-bond acceptors (Lipinski definition) is 8. The van der Waals surface area contributed by atoms with Crippen molar-refractivity contribution in [3.63, 3.8) is 0 Å². The Morgan fingerprint density at radius 2 is 2.10 bits per heavy atom. The van der Waals surface area contributed by atoms with Crippen molar-refractivity contribution in [2.45, 2.75) is 25.1 Å². The third-order valence-corrected chi connectivity index (χ3v) is 6.39. The van der Waals surface area contributed by atoms with Gasteiger partial charge in [0.2, 0.25) is 0 Å². The fourth-order valence-electron chi connectivity index (χ4n) is 2.66. The van der Waals surface area contributed by atoms with Gasteiger partial charge in [-0.05, 0) is 30.9 Å². The second-order valence-corrected chi connectivity index (χ2v) is 8.52. The summed E-state index contributed by atoms with van der Waals surface area (Å²) in [6, 6.07) is 5.41. The molecule has 0 fully saturated rings. The number of thioether (sulfide) groups is 1. The van der Waals surface area contributed by atoms with Crippen LogP contribution in [0, 0.1) is 6.92 Å². The molecule has 1 aromatic carbocycles. The number of aliphatic hydroxyl groups is 1. The molecule has 31 heavy (non-hydrogen) atoms. The second kappa shape index (κ2) is 11.5. The van der Waals surface area contributed by atoms with Crippen LogP contribution in [0.2, 0.25) is 5.02 Å². The highest BCUT2D eigenvalue weighted by atomic mass is 35.5. The summed E-state index contributed by atoms with van der Waals surface area (Å²) in [5, 5.41) is 12.4. The molecular formula is C20H25ClN4O4S2. The molecule has 1 amide bonds. The van der Waals surface area contributed by atoms with E-state index >= 15 is 0 Å². The molecular weight excluding hydrogens is 460 g/mol. The zero-order valence-corrected chi connectivity index (χ0v) is 20.3. The molecule has 0 saturated carbocycles. The van der Waals surface area contributed by atoms with Crippen molar-refractivity contribution in [3.05, 3.63) is 44.7 Å². The van der Waals surface area contributed by atoms with Gasteiger partial charge in [-0.2, -0.15) is 0 Å². The molecule has 0 atom stereocenters. The monoisotopic (exact) mass is 484 g/mol. The molecule has 0 unspecified atom stereocenters. The SMILES string of the molecule is CC.CSc1nc2c(C(=O)NOCCO)c(Nc3ccc(C)cc3Cl)n(C)c(=O)c2s1. The van der Waals surface area contributed by atoms with Crippen LogP contribution in [0.1, 0.15) is 29.8 Å². The number of hydrogen-bond donors (Lipinski definition) is 3. The van der Waals surface area contributed by atoms with Crippen molar-refractivity contribution in [2.24, 2.45) is 7.05 Å². The van der Waals surface area contributed by atoms with Gasteiger partial charge < -0.3 is 10.4 Å². The quantitative estimate of drug-likeness (QED) is 0.263. The van der Waals surface area contributed by atoms with E-state index in [1.165, 1.54) is 27.7 Å². The van der Waals surface area contributed by atoms with Gasteiger partial charge in [-0.3, -0.25) is 19.0 Å². The maximum absolute atomic E-state index is 12.9. The number of hydroxylamine groups is 1. The van der Waals surface area contributed by atoms with Crippen LogP contribution in [0.5, 0.6) is 0 Å². The highest BCUT2D eigenvalue weighted by Crippen LogP contribution is 2.33. The molecule has 2 heterocycles. The van der Waals surface area contributed by atoms with E-state index in [1.807, 2.05) is 33.1 Å². The molecule has 3 N–H and O–H groups in total. The number of nitrogens with zero attached hydrogens (tertiary/aromatic N) is 2. The maximum Gasteiger partial charge on any atom is 0.280 e. The van der Waals surface area contributed by atoms with E-state index in [9.17, 15) is 9.59 Å². The lowest BCUT2D eigenvalue weighted by Crippen LogP contribution is -2.30. The first-order valence-electron chi connectivity index (χ1n) is 9.51. The summed E-state index contributed by atoms with van der Waals surface area (Å²) in [5.74, 6) is -0.362. The minimum Gasteiger partial charge on any atom is -0.394 e. The number of anilines is 2. The maximum atomic E-state index is 12.9. The molecule has 11 heteroatoms. The van der Waals surface area contributed by atoms with E-state index in [1.54, 1.807) is 19.2 Å². The number of carbonyl (C=O) groups excluding carboxylic acids is 1. The van der Waals surface area contributed by atoms with E-state index in [0.29, 0.717) is 19.7 Å². The number of thiazole rings is 1. The first-order valence-corrected chi connectivity index (χ1v) is 11.9. The van der Waals surface area contributed by atoms with Crippen LogP contribution >= 0.6 is 34.7 Å². The Bertz CT molecular complexity index is 1130. The molecule has 0 spiro atoms. The first-order chi connectivity index (χ1) is 14.9. The van der Waals surface area contributed by atoms with Crippen LogP contribution in [-0.2, 0) is 11.9 Å². The number of rotatable bonds is 7. The molecule has 0 aliphatic rings. The molecule has 0 aliphatic carbocycles. The summed E-state index contributed by atoms with van der Waals surface area (Å²) in [7, 11) is 1.57. The van der Waals surface area contributed by atoms with Crippen molar-refractivity contribution >= 4 is 62.3 Å². The Morgan fingerprint density at radius 3 is 2.71 bits per heavy atom. The molecule has 0 radical (unpaired) electrons. The Balaban J connectivity index is 0.00000166. The number of pyridine rings is 1. The third-order valence-electron chi connectivity index (χ3n) is 4.05. The Morgan fingerprint density at radius 1 is 1.39 bits per heavy atom. The smallest absolute Gasteiger partial charge is 0.280 e. The summed E-state index contributed by atoms with van der Waals surface area (Å²) < 4.78 is 2.37. The van der Waals surface area contributed by atoms with Crippen molar-refractivity contribution in [1.82, 2.24) is 15.0 Å². The predicted octanol–water partition coefficient (Wildman–Crippen LogP) is 4.10. The average Bonchev–Trinajstić information content (AvgIpc) is 3.19.